The summed E-state index contributed by atoms with van der Waals surface area (Å²) in [5.41, 5.74) is 6.58. The van der Waals surface area contributed by atoms with E-state index >= 15 is 0 Å². The molecule has 22 heavy (non-hydrogen) atoms. The fourth-order valence-electron chi connectivity index (χ4n) is 2.82. The van der Waals surface area contributed by atoms with Gasteiger partial charge in [0.15, 0.2) is 0 Å². The van der Waals surface area contributed by atoms with Gasteiger partial charge in [-0.3, -0.25) is 0 Å². The van der Waals surface area contributed by atoms with Crippen molar-refractivity contribution in [2.24, 2.45) is 0 Å². The van der Waals surface area contributed by atoms with E-state index in [1.54, 1.807) is 6.08 Å². The zero-order valence-corrected chi connectivity index (χ0v) is 13.6. The smallest absolute Gasteiger partial charge is 0.331 e. The molecule has 0 unspecified atom stereocenters. The Morgan fingerprint density at radius 3 is 2.18 bits per heavy atom. The van der Waals surface area contributed by atoms with Gasteiger partial charge in [-0.15, -0.1) is 0 Å². The zero-order valence-electron chi connectivity index (χ0n) is 13.6. The van der Waals surface area contributed by atoms with Gasteiger partial charge in [0.1, 0.15) is 0 Å². The first kappa shape index (κ1) is 16.0. The highest BCUT2D eigenvalue weighted by Gasteiger charge is 2.13. The summed E-state index contributed by atoms with van der Waals surface area (Å²) in [7, 11) is 0. The van der Waals surface area contributed by atoms with E-state index in [0.29, 0.717) is 6.61 Å². The molecule has 0 radical (unpaired) electrons. The van der Waals surface area contributed by atoms with Gasteiger partial charge in [-0.2, -0.15) is 0 Å². The molecule has 0 aliphatic carbocycles. The van der Waals surface area contributed by atoms with Crippen LogP contribution in [0.2, 0.25) is 0 Å². The number of carbonyl (C=O) groups is 1. The number of esters is 1. The van der Waals surface area contributed by atoms with E-state index < -0.39 is 0 Å². The maximum Gasteiger partial charge on any atom is 0.331 e. The first-order valence-electron chi connectivity index (χ1n) is 7.55. The third-order valence-corrected chi connectivity index (χ3v) is 3.58. The van der Waals surface area contributed by atoms with E-state index in [-0.39, 0.29) is 5.97 Å². The van der Waals surface area contributed by atoms with Crippen LogP contribution in [0.25, 0.3) is 5.57 Å². The van der Waals surface area contributed by atoms with Crippen LogP contribution in [0.1, 0.15) is 34.7 Å². The van der Waals surface area contributed by atoms with E-state index in [2.05, 4.69) is 32.9 Å². The standard InChI is InChI=1S/C20H22O2/c1-5-22-19(21)13-18(17-9-7-6-8-10-17)20-15(3)11-14(2)12-16(20)4/h6-13H,5H2,1-4H3/b18-13+. The monoisotopic (exact) mass is 294 g/mol. The summed E-state index contributed by atoms with van der Waals surface area (Å²) in [5, 5.41) is 0. The fraction of sp³-hybridized carbons (Fsp3) is 0.250. The fourth-order valence-corrected chi connectivity index (χ4v) is 2.82. The molecule has 0 aliphatic heterocycles. The van der Waals surface area contributed by atoms with Gasteiger partial charge in [-0.1, -0.05) is 48.0 Å². The van der Waals surface area contributed by atoms with Gasteiger partial charge in [0.25, 0.3) is 0 Å². The van der Waals surface area contributed by atoms with Gasteiger partial charge in [-0.05, 0) is 55.5 Å². The molecule has 0 spiro atoms. The molecule has 114 valence electrons. The summed E-state index contributed by atoms with van der Waals surface area (Å²) in [6.07, 6.45) is 1.60. The van der Waals surface area contributed by atoms with Crippen LogP contribution in [-0.2, 0) is 9.53 Å². The lowest BCUT2D eigenvalue weighted by atomic mass is 9.89. The van der Waals surface area contributed by atoms with Gasteiger partial charge in [0.2, 0.25) is 0 Å². The predicted molar refractivity (Wildman–Crippen MR) is 90.8 cm³/mol. The quantitative estimate of drug-likeness (QED) is 0.608. The Morgan fingerprint density at radius 1 is 1.05 bits per heavy atom. The van der Waals surface area contributed by atoms with E-state index in [1.807, 2.05) is 37.3 Å². The number of aryl methyl sites for hydroxylation is 3. The second-order valence-corrected chi connectivity index (χ2v) is 5.45. The highest BCUT2D eigenvalue weighted by molar-refractivity contribution is 5.97. The first-order chi connectivity index (χ1) is 10.5. The summed E-state index contributed by atoms with van der Waals surface area (Å²) in [5.74, 6) is -0.305. The van der Waals surface area contributed by atoms with Crippen LogP contribution in [0.4, 0.5) is 0 Å². The molecule has 2 rings (SSSR count). The SMILES string of the molecule is CCOC(=O)/C=C(\c1ccccc1)c1c(C)cc(C)cc1C. The lowest BCUT2D eigenvalue weighted by Gasteiger charge is -2.15. The molecule has 0 saturated carbocycles. The second kappa shape index (κ2) is 7.08. The molecular formula is C20H22O2. The molecule has 0 aliphatic rings. The van der Waals surface area contributed by atoms with Gasteiger partial charge < -0.3 is 4.74 Å². The molecule has 2 aromatic carbocycles. The van der Waals surface area contributed by atoms with Crippen molar-refractivity contribution < 1.29 is 9.53 Å². The topological polar surface area (TPSA) is 26.3 Å². The van der Waals surface area contributed by atoms with Gasteiger partial charge in [0.05, 0.1) is 6.61 Å². The maximum absolute atomic E-state index is 12.0. The van der Waals surface area contributed by atoms with Crippen LogP contribution in [0.5, 0.6) is 0 Å². The zero-order chi connectivity index (χ0) is 16.1. The lowest BCUT2D eigenvalue weighted by Crippen LogP contribution is -2.04. The number of hydrogen-bond acceptors (Lipinski definition) is 2. The van der Waals surface area contributed by atoms with E-state index in [1.165, 1.54) is 5.56 Å². The molecule has 0 atom stereocenters. The molecule has 0 saturated heterocycles. The van der Waals surface area contributed by atoms with Crippen molar-refractivity contribution in [3.05, 3.63) is 76.4 Å². The molecule has 2 heteroatoms. The molecular weight excluding hydrogens is 272 g/mol. The first-order valence-corrected chi connectivity index (χ1v) is 7.55. The Morgan fingerprint density at radius 2 is 1.64 bits per heavy atom. The van der Waals surface area contributed by atoms with Crippen LogP contribution in [0, 0.1) is 20.8 Å². The molecule has 0 N–H and O–H groups in total. The Hall–Kier alpha value is -2.35. The van der Waals surface area contributed by atoms with Crippen molar-refractivity contribution in [3.63, 3.8) is 0 Å². The summed E-state index contributed by atoms with van der Waals surface area (Å²) in [6, 6.07) is 14.3. The van der Waals surface area contributed by atoms with E-state index in [4.69, 9.17) is 4.74 Å². The molecule has 0 fully saturated rings. The van der Waals surface area contributed by atoms with Crippen molar-refractivity contribution in [3.8, 4) is 0 Å². The minimum Gasteiger partial charge on any atom is -0.463 e. The average molecular weight is 294 g/mol. The van der Waals surface area contributed by atoms with Crippen LogP contribution >= 0.6 is 0 Å². The largest absolute Gasteiger partial charge is 0.463 e. The highest BCUT2D eigenvalue weighted by atomic mass is 16.5. The number of hydrogen-bond donors (Lipinski definition) is 0. The summed E-state index contributed by atoms with van der Waals surface area (Å²) in [4.78, 5) is 12.0. The number of rotatable bonds is 4. The Labute approximate surface area is 132 Å². The van der Waals surface area contributed by atoms with Gasteiger partial charge >= 0.3 is 5.97 Å². The third kappa shape index (κ3) is 3.64. The number of benzene rings is 2. The van der Waals surface area contributed by atoms with Gasteiger partial charge in [-0.25, -0.2) is 4.79 Å². The van der Waals surface area contributed by atoms with Crippen molar-refractivity contribution in [1.82, 2.24) is 0 Å². The second-order valence-electron chi connectivity index (χ2n) is 5.45. The van der Waals surface area contributed by atoms with Crippen LogP contribution < -0.4 is 0 Å². The van der Waals surface area contributed by atoms with Crippen molar-refractivity contribution >= 4 is 11.5 Å². The number of carbonyl (C=O) groups excluding carboxylic acids is 1. The van der Waals surface area contributed by atoms with Crippen molar-refractivity contribution in [2.75, 3.05) is 6.61 Å². The summed E-state index contributed by atoms with van der Waals surface area (Å²) >= 11 is 0. The van der Waals surface area contributed by atoms with Crippen LogP contribution in [-0.4, -0.2) is 12.6 Å². The number of ether oxygens (including phenoxy) is 1. The van der Waals surface area contributed by atoms with Crippen molar-refractivity contribution in [1.29, 1.82) is 0 Å². The third-order valence-electron chi connectivity index (χ3n) is 3.58. The lowest BCUT2D eigenvalue weighted by molar-refractivity contribution is -0.137. The predicted octanol–water partition coefficient (Wildman–Crippen LogP) is 4.61. The van der Waals surface area contributed by atoms with E-state index in [9.17, 15) is 4.79 Å². The molecule has 0 amide bonds. The normalized spacial score (nSPS) is 11.4. The highest BCUT2D eigenvalue weighted by Crippen LogP contribution is 2.30. The summed E-state index contributed by atoms with van der Waals surface area (Å²) in [6.45, 7) is 8.44. The van der Waals surface area contributed by atoms with Gasteiger partial charge in [0, 0.05) is 6.08 Å². The maximum atomic E-state index is 12.0. The van der Waals surface area contributed by atoms with Crippen LogP contribution in [0.15, 0.2) is 48.5 Å². The molecule has 0 bridgehead atoms. The minimum absolute atomic E-state index is 0.305. The molecule has 0 heterocycles. The Kier molecular flexibility index (Phi) is 5.16. The average Bonchev–Trinajstić information content (AvgIpc) is 2.46. The van der Waals surface area contributed by atoms with Crippen molar-refractivity contribution in [2.45, 2.75) is 27.7 Å². The summed E-state index contributed by atoms with van der Waals surface area (Å²) < 4.78 is 5.10. The molecule has 0 aromatic heterocycles. The molecule has 2 nitrogen and oxygen atoms in total. The van der Waals surface area contributed by atoms with Crippen LogP contribution in [0.3, 0.4) is 0 Å². The molecule has 2 aromatic rings. The Bertz CT molecular complexity index is 674. The minimum atomic E-state index is -0.305. The Balaban J connectivity index is 2.62. The van der Waals surface area contributed by atoms with E-state index in [0.717, 1.165) is 27.8 Å².